The minimum atomic E-state index is -1.03. The normalized spacial score (nSPS) is 11.1. The number of rotatable bonds is 19. The second-order valence-electron chi connectivity index (χ2n) is 11.7. The van der Waals surface area contributed by atoms with E-state index in [1.54, 1.807) is 41.5 Å². The van der Waals surface area contributed by atoms with E-state index in [0.717, 1.165) is 0 Å². The lowest BCUT2D eigenvalue weighted by atomic mass is 10.1. The monoisotopic (exact) mass is 722 g/mol. The number of nitrogens with one attached hydrogen (secondary N) is 3. The molecule has 0 heterocycles. The van der Waals surface area contributed by atoms with Crippen LogP contribution >= 0.6 is 0 Å². The van der Waals surface area contributed by atoms with Gasteiger partial charge in [-0.05, 0) is 91.1 Å². The molecule has 50 heavy (non-hydrogen) atoms. The average molecular weight is 723 g/mol. The predicted molar refractivity (Wildman–Crippen MR) is 189 cm³/mol. The molecule has 0 bridgehead atoms. The van der Waals surface area contributed by atoms with E-state index in [2.05, 4.69) is 40.7 Å². The summed E-state index contributed by atoms with van der Waals surface area (Å²) in [6, 6.07) is -1.72. The minimum Gasteiger partial charge on any atom is -0.480 e. The van der Waals surface area contributed by atoms with Gasteiger partial charge in [-0.25, -0.2) is 19.2 Å². The molecule has 20 heteroatoms. The first-order chi connectivity index (χ1) is 21.9. The molecule has 0 aliphatic heterocycles. The van der Waals surface area contributed by atoms with Crippen LogP contribution in [-0.2, 0) is 28.5 Å². The molecule has 0 spiro atoms. The number of hydrogen-bond donors (Lipinski definition) is 5. The number of carbonyl (C=O) groups is 5. The molecule has 0 fully saturated rings. The van der Waals surface area contributed by atoms with Gasteiger partial charge in [0.1, 0.15) is 23.3 Å². The van der Waals surface area contributed by atoms with Crippen molar-refractivity contribution >= 4 is 30.2 Å². The molecule has 0 saturated carbocycles. The molecule has 0 aromatic heterocycles. The van der Waals surface area contributed by atoms with Crippen molar-refractivity contribution in [3.8, 4) is 0 Å². The first-order valence-corrected chi connectivity index (χ1v) is 15.0. The summed E-state index contributed by atoms with van der Waals surface area (Å²) in [6.45, 7) is 11.3. The number of esters is 1. The fourth-order valence-electron chi connectivity index (χ4n) is 3.09. The number of azide groups is 2. The van der Waals surface area contributed by atoms with Crippen LogP contribution in [0.5, 0.6) is 0 Å². The average Bonchev–Trinajstić information content (AvgIpc) is 2.95. The number of unbranched alkanes of at least 4 members (excludes halogenated alkanes) is 2. The fourth-order valence-corrected chi connectivity index (χ4v) is 3.09. The Morgan fingerprint density at radius 2 is 1.14 bits per heavy atom. The van der Waals surface area contributed by atoms with Crippen LogP contribution < -0.4 is 21.7 Å². The van der Waals surface area contributed by atoms with Gasteiger partial charge in [-0.1, -0.05) is 32.5 Å². The molecule has 3 amide bonds. The zero-order chi connectivity index (χ0) is 36.3. The highest BCUT2D eigenvalue weighted by molar-refractivity contribution is 5.81. The predicted octanol–water partition coefficient (Wildman–Crippen LogP) is 5.94. The van der Waals surface area contributed by atoms with E-state index in [4.69, 9.17) is 36.1 Å². The van der Waals surface area contributed by atoms with Crippen LogP contribution in [0.3, 0.4) is 0 Å². The highest BCUT2D eigenvalue weighted by Gasteiger charge is 2.28. The van der Waals surface area contributed by atoms with E-state index in [-0.39, 0.29) is 48.6 Å². The van der Waals surface area contributed by atoms with Crippen molar-refractivity contribution in [3.05, 3.63) is 20.9 Å². The zero-order valence-corrected chi connectivity index (χ0v) is 28.0. The first kappa shape index (κ1) is 54.8. The Labute approximate surface area is 296 Å². The van der Waals surface area contributed by atoms with Gasteiger partial charge in [0, 0.05) is 22.9 Å². The van der Waals surface area contributed by atoms with Crippen LogP contribution in [0, 0.1) is 0 Å². The Bertz CT molecular complexity index is 1070. The summed E-state index contributed by atoms with van der Waals surface area (Å²) in [5.74, 6) is -1.57. The maximum atomic E-state index is 12.4. The smallest absolute Gasteiger partial charge is 0.408 e. The van der Waals surface area contributed by atoms with Crippen molar-refractivity contribution in [3.63, 3.8) is 0 Å². The molecule has 2 atom stereocenters. The number of ether oxygens (including phenoxy) is 4. The SMILES string of the molecule is C.C.C.CC(C)(C)OC(=O)N[C@H](CCCCNC(=O)OCCN=[N+]=[N-])C(=O)OC(C)(C)C.[N-]=[N+]=NCCOC(=O)NCCCC[C@@H](N)C(=O)O. The number of nitrogens with zero attached hydrogens (tertiary/aromatic N) is 6. The van der Waals surface area contributed by atoms with Crippen LogP contribution in [0.15, 0.2) is 10.2 Å². The Morgan fingerprint density at radius 1 is 0.720 bits per heavy atom. The van der Waals surface area contributed by atoms with Crippen molar-refractivity contribution in [2.24, 2.45) is 16.0 Å². The van der Waals surface area contributed by atoms with Crippen molar-refractivity contribution < 1.29 is 48.0 Å². The third kappa shape index (κ3) is 37.8. The van der Waals surface area contributed by atoms with Crippen LogP contribution in [0.4, 0.5) is 14.4 Å². The molecule has 0 aliphatic rings. The molecular weight excluding hydrogens is 660 g/mol. The molecule has 0 saturated heterocycles. The number of nitrogens with two attached hydrogens (primary N) is 1. The Kier molecular flexibility index (Phi) is 34.6. The minimum absolute atomic E-state index is 0. The van der Waals surface area contributed by atoms with Crippen molar-refractivity contribution in [1.29, 1.82) is 0 Å². The van der Waals surface area contributed by atoms with E-state index in [9.17, 15) is 24.0 Å². The number of carbonyl (C=O) groups excluding carboxylic acids is 4. The number of amides is 3. The van der Waals surface area contributed by atoms with Gasteiger partial charge in [-0.2, -0.15) is 0 Å². The van der Waals surface area contributed by atoms with Crippen molar-refractivity contribution in [1.82, 2.24) is 16.0 Å². The second-order valence-corrected chi connectivity index (χ2v) is 11.7. The number of carboxylic acid groups (broad SMARTS) is 1. The lowest BCUT2D eigenvalue weighted by molar-refractivity contribution is -0.157. The molecule has 0 rings (SSSR count). The third-order valence-electron chi connectivity index (χ3n) is 5.07. The summed E-state index contributed by atoms with van der Waals surface area (Å²) in [5, 5.41) is 22.5. The molecule has 0 radical (unpaired) electrons. The molecule has 292 valence electrons. The van der Waals surface area contributed by atoms with Gasteiger partial charge in [-0.3, -0.25) is 4.79 Å². The Hall–Kier alpha value is -4.67. The van der Waals surface area contributed by atoms with Gasteiger partial charge in [0.15, 0.2) is 0 Å². The maximum Gasteiger partial charge on any atom is 0.408 e. The van der Waals surface area contributed by atoms with Crippen LogP contribution in [0.25, 0.3) is 20.9 Å². The van der Waals surface area contributed by atoms with Gasteiger partial charge in [0.2, 0.25) is 0 Å². The second kappa shape index (κ2) is 31.6. The number of hydrogen-bond acceptors (Lipinski definition) is 12. The summed E-state index contributed by atoms with van der Waals surface area (Å²) >= 11 is 0. The Morgan fingerprint density at radius 3 is 1.52 bits per heavy atom. The van der Waals surface area contributed by atoms with Gasteiger partial charge >= 0.3 is 30.2 Å². The summed E-state index contributed by atoms with van der Waals surface area (Å²) in [6.07, 6.45) is 1.10. The van der Waals surface area contributed by atoms with E-state index >= 15 is 0 Å². The van der Waals surface area contributed by atoms with Gasteiger partial charge in [0.05, 0.1) is 26.3 Å². The summed E-state index contributed by atoms with van der Waals surface area (Å²) < 4.78 is 20.0. The molecule has 6 N–H and O–H groups in total. The van der Waals surface area contributed by atoms with E-state index in [1.807, 2.05) is 0 Å². The highest BCUT2D eigenvalue weighted by Crippen LogP contribution is 2.13. The Balaban J connectivity index is -0.000000280. The standard InChI is InChI=1S/C18H33N5O6.C9H17N5O4.3CH4/c1-17(2,3)28-14(24)13(22-16(26)29-18(4,5)6)9-7-8-10-20-15(25)27-12-11-21-23-19;10-7(8(15)16)3-1-2-4-12-9(17)18-6-5-13-14-11;;;/h13H,7-12H2,1-6H3,(H,20,25)(H,22,26);7H,1-6,10H2,(H,12,17)(H,15,16);3*1H4/t13-;7-;;;/m11.../s1. The van der Waals surface area contributed by atoms with Gasteiger partial charge in [0.25, 0.3) is 0 Å². The summed E-state index contributed by atoms with van der Waals surface area (Å²) in [5.41, 5.74) is 20.0. The van der Waals surface area contributed by atoms with E-state index in [1.165, 1.54) is 0 Å². The molecule has 0 aromatic carbocycles. The quantitative estimate of drug-likeness (QED) is 0.0259. The van der Waals surface area contributed by atoms with E-state index < -0.39 is 53.5 Å². The first-order valence-electron chi connectivity index (χ1n) is 15.0. The molecule has 20 nitrogen and oxygen atoms in total. The number of aliphatic carboxylic acids is 1. The maximum absolute atomic E-state index is 12.4. The van der Waals surface area contributed by atoms with Gasteiger partial charge in [-0.15, -0.1) is 0 Å². The topological polar surface area (TPSA) is 302 Å². The van der Waals surface area contributed by atoms with Crippen LogP contribution in [-0.4, -0.2) is 98.0 Å². The number of alkyl carbamates (subject to hydrolysis) is 3. The van der Waals surface area contributed by atoms with Crippen LogP contribution in [0.1, 0.15) is 102 Å². The van der Waals surface area contributed by atoms with Crippen molar-refractivity contribution in [2.45, 2.75) is 126 Å². The molecule has 0 unspecified atom stereocenters. The molecule has 0 aliphatic carbocycles. The largest absolute Gasteiger partial charge is 0.480 e. The summed E-state index contributed by atoms with van der Waals surface area (Å²) in [4.78, 5) is 62.3. The lowest BCUT2D eigenvalue weighted by Gasteiger charge is -2.26. The molecular formula is C30H62N10O10. The highest BCUT2D eigenvalue weighted by atomic mass is 16.6. The zero-order valence-electron chi connectivity index (χ0n) is 28.0. The lowest BCUT2D eigenvalue weighted by Crippen LogP contribution is -2.46. The summed E-state index contributed by atoms with van der Waals surface area (Å²) in [7, 11) is 0. The third-order valence-corrected chi connectivity index (χ3v) is 5.07. The number of carboxylic acids is 1. The molecule has 0 aromatic rings. The van der Waals surface area contributed by atoms with Crippen LogP contribution in [0.2, 0.25) is 0 Å². The fraction of sp³-hybridized carbons (Fsp3) is 0.833. The van der Waals surface area contributed by atoms with Gasteiger partial charge < -0.3 is 45.7 Å². The van der Waals surface area contributed by atoms with E-state index in [0.29, 0.717) is 51.6 Å². The van der Waals surface area contributed by atoms with Crippen molar-refractivity contribution in [2.75, 3.05) is 39.4 Å².